The van der Waals surface area contributed by atoms with E-state index in [1.54, 1.807) is 0 Å². The fourth-order valence-electron chi connectivity index (χ4n) is 1.99. The van der Waals surface area contributed by atoms with Gasteiger partial charge in [0.25, 0.3) is 0 Å². The van der Waals surface area contributed by atoms with Gasteiger partial charge in [0.15, 0.2) is 5.78 Å². The van der Waals surface area contributed by atoms with Crippen LogP contribution in [0.2, 0.25) is 0 Å². The van der Waals surface area contributed by atoms with E-state index < -0.39 is 11.7 Å². The Kier molecular flexibility index (Phi) is 4.77. The van der Waals surface area contributed by atoms with Crippen LogP contribution >= 0.6 is 0 Å². The van der Waals surface area contributed by atoms with Crippen molar-refractivity contribution in [1.82, 2.24) is 5.32 Å². The van der Waals surface area contributed by atoms with E-state index >= 15 is 0 Å². The van der Waals surface area contributed by atoms with Crippen LogP contribution in [0.1, 0.15) is 53.9 Å². The fourth-order valence-corrected chi connectivity index (χ4v) is 1.99. The van der Waals surface area contributed by atoms with Crippen LogP contribution < -0.4 is 5.32 Å². The first-order chi connectivity index (χ1) is 8.20. The van der Waals surface area contributed by atoms with Gasteiger partial charge in [-0.05, 0) is 39.5 Å². The van der Waals surface area contributed by atoms with Crippen LogP contribution in [0.3, 0.4) is 0 Å². The van der Waals surface area contributed by atoms with Gasteiger partial charge in [-0.25, -0.2) is 4.79 Å². The molecule has 4 nitrogen and oxygen atoms in total. The molecule has 1 rings (SSSR count). The molecule has 1 saturated carbocycles. The van der Waals surface area contributed by atoms with Crippen molar-refractivity contribution >= 4 is 11.9 Å². The molecule has 0 aromatic heterocycles. The highest BCUT2D eigenvalue weighted by molar-refractivity contribution is 5.89. The van der Waals surface area contributed by atoms with E-state index in [4.69, 9.17) is 4.74 Å². The number of ketones is 1. The summed E-state index contributed by atoms with van der Waals surface area (Å²) in [6.07, 6.45) is 2.67. The molecule has 1 amide bonds. The Morgan fingerprint density at radius 3 is 2.11 bits per heavy atom. The van der Waals surface area contributed by atoms with E-state index in [0.29, 0.717) is 0 Å². The van der Waals surface area contributed by atoms with Crippen molar-refractivity contribution in [3.05, 3.63) is 0 Å². The molecule has 104 valence electrons. The molecule has 0 heterocycles. The number of amides is 1. The predicted molar refractivity (Wildman–Crippen MR) is 70.3 cm³/mol. The summed E-state index contributed by atoms with van der Waals surface area (Å²) in [5.41, 5.74) is -0.533. The second-order valence-corrected chi connectivity index (χ2v) is 6.37. The molecule has 0 aromatic carbocycles. The summed E-state index contributed by atoms with van der Waals surface area (Å²) in [7, 11) is 0. The summed E-state index contributed by atoms with van der Waals surface area (Å²) in [6.45, 7) is 9.18. The van der Waals surface area contributed by atoms with Crippen molar-refractivity contribution in [2.45, 2.75) is 65.5 Å². The molecule has 4 heteroatoms. The topological polar surface area (TPSA) is 55.4 Å². The molecular weight excluding hydrogens is 230 g/mol. The Labute approximate surface area is 109 Å². The largest absolute Gasteiger partial charge is 0.444 e. The van der Waals surface area contributed by atoms with E-state index in [1.807, 2.05) is 34.6 Å². The SMILES string of the molecule is CC(C)C(=O)C(NC(=O)OC(C)(C)C)C1CCC1. The summed E-state index contributed by atoms with van der Waals surface area (Å²) >= 11 is 0. The van der Waals surface area contributed by atoms with Crippen LogP contribution in [-0.4, -0.2) is 23.5 Å². The van der Waals surface area contributed by atoms with Crippen LogP contribution in [0.4, 0.5) is 4.79 Å². The number of alkyl carbamates (subject to hydrolysis) is 1. The van der Waals surface area contributed by atoms with E-state index in [9.17, 15) is 9.59 Å². The molecule has 0 bridgehead atoms. The Morgan fingerprint density at radius 1 is 1.22 bits per heavy atom. The molecule has 1 aliphatic rings. The lowest BCUT2D eigenvalue weighted by Gasteiger charge is -2.34. The van der Waals surface area contributed by atoms with Crippen LogP contribution in [0, 0.1) is 11.8 Å². The maximum absolute atomic E-state index is 12.1. The van der Waals surface area contributed by atoms with Gasteiger partial charge < -0.3 is 10.1 Å². The number of carbonyl (C=O) groups is 2. The molecule has 0 aliphatic heterocycles. The van der Waals surface area contributed by atoms with Crippen molar-refractivity contribution < 1.29 is 14.3 Å². The summed E-state index contributed by atoms with van der Waals surface area (Å²) in [6, 6.07) is -0.381. The first-order valence-corrected chi connectivity index (χ1v) is 6.74. The molecule has 0 aromatic rings. The van der Waals surface area contributed by atoms with Crippen LogP contribution in [0.25, 0.3) is 0 Å². The van der Waals surface area contributed by atoms with E-state index in [0.717, 1.165) is 19.3 Å². The van der Waals surface area contributed by atoms with Crippen molar-refractivity contribution in [3.8, 4) is 0 Å². The van der Waals surface area contributed by atoms with Gasteiger partial charge in [0.1, 0.15) is 5.60 Å². The zero-order chi connectivity index (χ0) is 13.9. The third-order valence-corrected chi connectivity index (χ3v) is 3.17. The molecule has 0 saturated heterocycles. The average molecular weight is 255 g/mol. The molecular formula is C14H25NO3. The van der Waals surface area contributed by atoms with E-state index in [-0.39, 0.29) is 23.7 Å². The average Bonchev–Trinajstić information content (AvgIpc) is 2.09. The summed E-state index contributed by atoms with van der Waals surface area (Å²) in [5.74, 6) is 0.323. The minimum atomic E-state index is -0.533. The zero-order valence-electron chi connectivity index (χ0n) is 12.1. The van der Waals surface area contributed by atoms with Gasteiger partial charge in [-0.3, -0.25) is 4.79 Å². The number of Topliss-reactive ketones (excluding diaryl/α,β-unsaturated/α-hetero) is 1. The molecule has 1 fully saturated rings. The zero-order valence-corrected chi connectivity index (χ0v) is 12.1. The highest BCUT2D eigenvalue weighted by Crippen LogP contribution is 2.31. The lowest BCUT2D eigenvalue weighted by atomic mass is 9.76. The van der Waals surface area contributed by atoms with Gasteiger partial charge in [0.2, 0.25) is 0 Å². The minimum absolute atomic E-state index is 0.0643. The predicted octanol–water partition coefficient (Wildman–Crippen LogP) is 2.90. The van der Waals surface area contributed by atoms with Gasteiger partial charge in [0, 0.05) is 5.92 Å². The quantitative estimate of drug-likeness (QED) is 0.840. The maximum Gasteiger partial charge on any atom is 0.408 e. The number of carbonyl (C=O) groups excluding carboxylic acids is 2. The van der Waals surface area contributed by atoms with Crippen molar-refractivity contribution in [2.75, 3.05) is 0 Å². The lowest BCUT2D eigenvalue weighted by Crippen LogP contribution is -2.50. The Hall–Kier alpha value is -1.06. The molecule has 1 N–H and O–H groups in total. The third kappa shape index (κ3) is 4.31. The minimum Gasteiger partial charge on any atom is -0.444 e. The number of nitrogens with one attached hydrogen (secondary N) is 1. The molecule has 18 heavy (non-hydrogen) atoms. The smallest absolute Gasteiger partial charge is 0.408 e. The molecule has 0 spiro atoms. The normalized spacial score (nSPS) is 18.1. The number of rotatable bonds is 4. The Bertz CT molecular complexity index is 313. The van der Waals surface area contributed by atoms with E-state index in [1.165, 1.54) is 0 Å². The Balaban J connectivity index is 2.61. The third-order valence-electron chi connectivity index (χ3n) is 3.17. The van der Waals surface area contributed by atoms with Crippen LogP contribution in [-0.2, 0) is 9.53 Å². The van der Waals surface area contributed by atoms with Crippen LogP contribution in [0.15, 0.2) is 0 Å². The Morgan fingerprint density at radius 2 is 1.78 bits per heavy atom. The van der Waals surface area contributed by atoms with Crippen molar-refractivity contribution in [2.24, 2.45) is 11.8 Å². The van der Waals surface area contributed by atoms with Crippen molar-refractivity contribution in [1.29, 1.82) is 0 Å². The number of hydrogen-bond acceptors (Lipinski definition) is 3. The van der Waals surface area contributed by atoms with Gasteiger partial charge in [-0.2, -0.15) is 0 Å². The molecule has 1 atom stereocenters. The van der Waals surface area contributed by atoms with Gasteiger partial charge >= 0.3 is 6.09 Å². The molecule has 1 aliphatic carbocycles. The first kappa shape index (κ1) is 15.0. The standard InChI is InChI=1S/C14H25NO3/c1-9(2)12(16)11(10-7-6-8-10)15-13(17)18-14(3,4)5/h9-11H,6-8H2,1-5H3,(H,15,17). The van der Waals surface area contributed by atoms with Gasteiger partial charge in [-0.15, -0.1) is 0 Å². The number of hydrogen-bond donors (Lipinski definition) is 1. The second-order valence-electron chi connectivity index (χ2n) is 6.37. The van der Waals surface area contributed by atoms with Crippen molar-refractivity contribution in [3.63, 3.8) is 0 Å². The monoisotopic (exact) mass is 255 g/mol. The second kappa shape index (κ2) is 5.72. The maximum atomic E-state index is 12.1. The van der Waals surface area contributed by atoms with E-state index in [2.05, 4.69) is 5.32 Å². The summed E-state index contributed by atoms with van der Waals surface area (Å²) in [5, 5.41) is 2.75. The summed E-state index contributed by atoms with van der Waals surface area (Å²) in [4.78, 5) is 23.9. The molecule has 0 radical (unpaired) electrons. The fraction of sp³-hybridized carbons (Fsp3) is 0.857. The summed E-state index contributed by atoms with van der Waals surface area (Å²) < 4.78 is 5.21. The highest BCUT2D eigenvalue weighted by atomic mass is 16.6. The highest BCUT2D eigenvalue weighted by Gasteiger charge is 2.35. The molecule has 1 unspecified atom stereocenters. The first-order valence-electron chi connectivity index (χ1n) is 6.74. The lowest BCUT2D eigenvalue weighted by molar-refractivity contribution is -0.126. The van der Waals surface area contributed by atoms with Gasteiger partial charge in [0.05, 0.1) is 6.04 Å². The number of ether oxygens (including phenoxy) is 1. The van der Waals surface area contributed by atoms with Gasteiger partial charge in [-0.1, -0.05) is 20.3 Å². The van der Waals surface area contributed by atoms with Crippen LogP contribution in [0.5, 0.6) is 0 Å².